The molecule has 5 nitrogen and oxygen atoms in total. The molecule has 3 rings (SSSR count). The van der Waals surface area contributed by atoms with Crippen LogP contribution in [0.25, 0.3) is 0 Å². The summed E-state index contributed by atoms with van der Waals surface area (Å²) in [4.78, 5) is 10.9. The molecule has 0 radical (unpaired) electrons. The van der Waals surface area contributed by atoms with Crippen LogP contribution in [-0.4, -0.2) is 36.4 Å². The van der Waals surface area contributed by atoms with E-state index in [9.17, 15) is 13.2 Å². The van der Waals surface area contributed by atoms with E-state index in [2.05, 4.69) is 0 Å². The molecule has 0 bridgehead atoms. The highest BCUT2D eigenvalue weighted by Crippen LogP contribution is 2.39. The lowest BCUT2D eigenvalue weighted by Crippen LogP contribution is -2.38. The minimum absolute atomic E-state index is 0.0490. The summed E-state index contributed by atoms with van der Waals surface area (Å²) >= 11 is 1.00. The Morgan fingerprint density at radius 2 is 2.05 bits per heavy atom. The number of carbonyl (C=O) groups is 1. The Morgan fingerprint density at radius 3 is 2.75 bits per heavy atom. The van der Waals surface area contributed by atoms with E-state index in [-0.39, 0.29) is 15.8 Å². The topological polar surface area (TPSA) is 74.7 Å². The molecule has 2 aliphatic rings. The van der Waals surface area contributed by atoms with Gasteiger partial charge in [-0.15, -0.1) is 11.3 Å². The summed E-state index contributed by atoms with van der Waals surface area (Å²) < 4.78 is 27.1. The Morgan fingerprint density at radius 1 is 1.30 bits per heavy atom. The Hall–Kier alpha value is -0.920. The molecule has 2 fully saturated rings. The zero-order valence-electron chi connectivity index (χ0n) is 11.0. The number of rotatable bonds is 3. The van der Waals surface area contributed by atoms with Crippen LogP contribution < -0.4 is 0 Å². The van der Waals surface area contributed by atoms with Crippen LogP contribution in [0.3, 0.4) is 0 Å². The normalized spacial score (nSPS) is 27.4. The van der Waals surface area contributed by atoms with E-state index >= 15 is 0 Å². The van der Waals surface area contributed by atoms with Gasteiger partial charge in [0, 0.05) is 18.0 Å². The lowest BCUT2D eigenvalue weighted by atomic mass is 9.86. The molecule has 2 unspecified atom stereocenters. The Kier molecular flexibility index (Phi) is 3.60. The molecule has 2 atom stereocenters. The van der Waals surface area contributed by atoms with E-state index in [4.69, 9.17) is 5.11 Å². The summed E-state index contributed by atoms with van der Waals surface area (Å²) in [5.74, 6) is -0.600. The highest BCUT2D eigenvalue weighted by atomic mass is 32.2. The van der Waals surface area contributed by atoms with Gasteiger partial charge in [-0.2, -0.15) is 4.31 Å². The highest BCUT2D eigenvalue weighted by Gasteiger charge is 2.42. The maximum absolute atomic E-state index is 12.7. The van der Waals surface area contributed by atoms with Crippen LogP contribution >= 0.6 is 11.3 Å². The molecule has 1 N–H and O–H groups in total. The molecular weight excluding hydrogens is 298 g/mol. The first-order valence-electron chi connectivity index (χ1n) is 6.84. The number of fused-ring (bicyclic) bond motifs is 1. The van der Waals surface area contributed by atoms with Crippen LogP contribution in [0.1, 0.15) is 42.5 Å². The van der Waals surface area contributed by atoms with Crippen molar-refractivity contribution >= 4 is 27.3 Å². The van der Waals surface area contributed by atoms with Gasteiger partial charge < -0.3 is 5.11 Å². The van der Waals surface area contributed by atoms with Crippen molar-refractivity contribution in [2.45, 2.75) is 42.4 Å². The number of hydrogen-bond donors (Lipinski definition) is 1. The first kappa shape index (κ1) is 14.0. The molecule has 0 spiro atoms. The fraction of sp³-hybridized carbons (Fsp3) is 0.615. The Labute approximate surface area is 122 Å². The van der Waals surface area contributed by atoms with Crippen LogP contribution in [0.4, 0.5) is 0 Å². The van der Waals surface area contributed by atoms with Crippen molar-refractivity contribution in [1.29, 1.82) is 0 Å². The Bertz CT molecular complexity index is 622. The minimum Gasteiger partial charge on any atom is -0.478 e. The second-order valence-electron chi connectivity index (χ2n) is 5.48. The summed E-state index contributed by atoms with van der Waals surface area (Å²) in [7, 11) is -3.53. The molecular formula is C13H17NO4S2. The van der Waals surface area contributed by atoms with Crippen LogP contribution in [-0.2, 0) is 10.0 Å². The van der Waals surface area contributed by atoms with Gasteiger partial charge in [0.05, 0.1) is 5.56 Å². The second-order valence-corrected chi connectivity index (χ2v) is 8.50. The first-order chi connectivity index (χ1) is 9.50. The lowest BCUT2D eigenvalue weighted by Gasteiger charge is -2.30. The third-order valence-electron chi connectivity index (χ3n) is 4.34. The Balaban J connectivity index is 1.89. The number of nitrogens with zero attached hydrogens (tertiary/aromatic N) is 1. The van der Waals surface area contributed by atoms with Gasteiger partial charge in [-0.1, -0.05) is 12.8 Å². The molecule has 1 aliphatic carbocycles. The van der Waals surface area contributed by atoms with Gasteiger partial charge in [0.15, 0.2) is 0 Å². The maximum Gasteiger partial charge on any atom is 0.336 e. The van der Waals surface area contributed by atoms with E-state index in [1.807, 2.05) is 0 Å². The van der Waals surface area contributed by atoms with Gasteiger partial charge in [-0.3, -0.25) is 0 Å². The fourth-order valence-electron chi connectivity index (χ4n) is 3.34. The van der Waals surface area contributed by atoms with Crippen LogP contribution in [0, 0.1) is 5.92 Å². The van der Waals surface area contributed by atoms with Crippen molar-refractivity contribution in [1.82, 2.24) is 4.31 Å². The molecule has 7 heteroatoms. The van der Waals surface area contributed by atoms with Gasteiger partial charge in [0.2, 0.25) is 0 Å². The molecule has 1 saturated heterocycles. The van der Waals surface area contributed by atoms with Crippen molar-refractivity contribution in [3.05, 3.63) is 17.0 Å². The minimum atomic E-state index is -3.53. The monoisotopic (exact) mass is 315 g/mol. The summed E-state index contributed by atoms with van der Waals surface area (Å²) in [6.07, 6.45) is 5.25. The van der Waals surface area contributed by atoms with E-state index in [0.717, 1.165) is 37.0 Å². The highest BCUT2D eigenvalue weighted by molar-refractivity contribution is 7.91. The molecule has 0 amide bonds. The summed E-state index contributed by atoms with van der Waals surface area (Å²) in [5.41, 5.74) is 0.0490. The quantitative estimate of drug-likeness (QED) is 0.929. The molecule has 0 aromatic carbocycles. The van der Waals surface area contributed by atoms with Gasteiger partial charge in [-0.05, 0) is 31.2 Å². The number of carboxylic acid groups (broad SMARTS) is 1. The average molecular weight is 315 g/mol. The third kappa shape index (κ3) is 2.27. The smallest absolute Gasteiger partial charge is 0.336 e. The zero-order valence-corrected chi connectivity index (χ0v) is 12.6. The van der Waals surface area contributed by atoms with Crippen molar-refractivity contribution in [2.75, 3.05) is 6.54 Å². The van der Waals surface area contributed by atoms with Crippen LogP contribution in [0.2, 0.25) is 0 Å². The summed E-state index contributed by atoms with van der Waals surface area (Å²) in [6, 6.07) is 1.39. The van der Waals surface area contributed by atoms with Crippen molar-refractivity contribution < 1.29 is 18.3 Å². The molecule has 2 heterocycles. The predicted molar refractivity (Wildman–Crippen MR) is 75.5 cm³/mol. The largest absolute Gasteiger partial charge is 0.478 e. The van der Waals surface area contributed by atoms with Gasteiger partial charge >= 0.3 is 5.97 Å². The molecule has 1 aliphatic heterocycles. The van der Waals surface area contributed by atoms with Gasteiger partial charge in [-0.25, -0.2) is 13.2 Å². The number of sulfonamides is 1. The molecule has 1 saturated carbocycles. The van der Waals surface area contributed by atoms with Crippen LogP contribution in [0.5, 0.6) is 0 Å². The fourth-order valence-corrected chi connectivity index (χ4v) is 6.35. The van der Waals surface area contributed by atoms with E-state index in [1.165, 1.54) is 17.9 Å². The molecule has 110 valence electrons. The standard InChI is InChI=1S/C13H17NO4S2/c15-13(16)10-7-12(19-8-10)20(17,18)14-6-5-9-3-1-2-4-11(9)14/h7-9,11H,1-6H2,(H,15,16). The maximum atomic E-state index is 12.7. The van der Waals surface area contributed by atoms with Gasteiger partial charge in [0.25, 0.3) is 10.0 Å². The summed E-state index contributed by atoms with van der Waals surface area (Å²) in [5, 5.41) is 10.3. The van der Waals surface area contributed by atoms with E-state index in [1.54, 1.807) is 4.31 Å². The third-order valence-corrected chi connectivity index (χ3v) is 7.68. The van der Waals surface area contributed by atoms with E-state index < -0.39 is 16.0 Å². The molecule has 1 aromatic heterocycles. The zero-order chi connectivity index (χ0) is 14.3. The number of hydrogen-bond acceptors (Lipinski definition) is 4. The summed E-state index contributed by atoms with van der Waals surface area (Å²) in [6.45, 7) is 0.567. The predicted octanol–water partition coefficient (Wildman–Crippen LogP) is 2.40. The number of carboxylic acids is 1. The molecule has 1 aromatic rings. The first-order valence-corrected chi connectivity index (χ1v) is 9.16. The van der Waals surface area contributed by atoms with Gasteiger partial charge in [0.1, 0.15) is 4.21 Å². The van der Waals surface area contributed by atoms with E-state index in [0.29, 0.717) is 12.5 Å². The average Bonchev–Trinajstić information content (AvgIpc) is 3.06. The second kappa shape index (κ2) is 5.13. The lowest BCUT2D eigenvalue weighted by molar-refractivity contribution is 0.0697. The van der Waals surface area contributed by atoms with Crippen LogP contribution in [0.15, 0.2) is 15.7 Å². The SMILES string of the molecule is O=C(O)c1csc(S(=O)(=O)N2CCC3CCCCC32)c1. The number of thiophene rings is 1. The molecule has 20 heavy (non-hydrogen) atoms. The number of aromatic carboxylic acids is 1. The van der Waals surface area contributed by atoms with Crippen molar-refractivity contribution in [3.8, 4) is 0 Å². The van der Waals surface area contributed by atoms with Crippen molar-refractivity contribution in [2.24, 2.45) is 5.92 Å². The van der Waals surface area contributed by atoms with Crippen molar-refractivity contribution in [3.63, 3.8) is 0 Å².